The second kappa shape index (κ2) is 131. The summed E-state index contributed by atoms with van der Waals surface area (Å²) in [5, 5.41) is 65.6. The van der Waals surface area contributed by atoms with Gasteiger partial charge in [0, 0.05) is 102 Å². The highest BCUT2D eigenvalue weighted by Gasteiger charge is 2.25. The molecule has 118 heavy (non-hydrogen) atoms. The molecule has 0 fully saturated rings. The monoisotopic (exact) mass is 1720 g/mol. The Kier molecular flexibility index (Phi) is 189. The Balaban J connectivity index is -0.0000000435. The van der Waals surface area contributed by atoms with Gasteiger partial charge in [-0.15, -0.1) is 0 Å². The molecule has 0 saturated carbocycles. The number of aliphatic hydroxyl groups excluding tert-OH is 2. The maximum Gasteiger partial charge on any atom is 0.322 e. The Labute approximate surface area is 729 Å². The highest BCUT2D eigenvalue weighted by atomic mass is 16.5. The van der Waals surface area contributed by atoms with E-state index in [1.54, 1.807) is 13.8 Å². The zero-order valence-electron chi connectivity index (χ0n) is 69.9. The number of quaternary nitrogens is 2. The van der Waals surface area contributed by atoms with Crippen molar-refractivity contribution in [3.63, 3.8) is 0 Å². The van der Waals surface area contributed by atoms with Crippen LogP contribution >= 0.6 is 0 Å². The summed E-state index contributed by atoms with van der Waals surface area (Å²) in [6.45, 7) is 43.2. The van der Waals surface area contributed by atoms with E-state index in [9.17, 15) is 72.9 Å². The number of rotatable bonds is 49. The average Bonchev–Trinajstić information content (AvgIpc) is 0.896. The zero-order valence-corrected chi connectivity index (χ0v) is 69.9. The minimum Gasteiger partial charge on any atom is -0.550 e. The van der Waals surface area contributed by atoms with Crippen LogP contribution in [0.15, 0.2) is 0 Å². The summed E-state index contributed by atoms with van der Waals surface area (Å²) in [7, 11) is 0. The van der Waals surface area contributed by atoms with E-state index in [0.29, 0.717) is 108 Å². The van der Waals surface area contributed by atoms with E-state index in [-0.39, 0.29) is 182 Å². The number of carboxylic acid groups (broad SMARTS) is 4. The topological polar surface area (TPSA) is 492 Å². The molecule has 6 atom stereocenters. The van der Waals surface area contributed by atoms with Crippen LogP contribution in [0.25, 0.3) is 0 Å². The molecule has 728 valence electrons. The number of amides is 4. The first kappa shape index (κ1) is 170. The fraction of sp³-hybridized carbons (Fsp3) is 0.867. The third-order valence-corrected chi connectivity index (χ3v) is 15.9. The fourth-order valence-corrected chi connectivity index (χ4v) is 6.33. The van der Waals surface area contributed by atoms with Gasteiger partial charge in [-0.25, -0.2) is 0 Å². The molecule has 15 N–H and O–H groups in total. The van der Waals surface area contributed by atoms with Crippen LogP contribution in [0, 0.1) is 40.9 Å². The molecule has 0 aliphatic carbocycles. The highest BCUT2D eigenvalue weighted by molar-refractivity contribution is 5.96. The number of hydrogen-bond acceptors (Lipinski definition) is 21. The summed E-state index contributed by atoms with van der Waals surface area (Å²) < 4.78 is 14.1. The maximum absolute atomic E-state index is 11.4. The number of carbonyl (C=O) groups excluding carboxylic acids is 11. The molecular formula is C90H206N7O21-. The molecule has 28 nitrogen and oxygen atoms in total. The van der Waals surface area contributed by atoms with Crippen LogP contribution in [-0.2, 0) is 71.7 Å². The largest absolute Gasteiger partial charge is 0.550 e. The van der Waals surface area contributed by atoms with Crippen molar-refractivity contribution >= 4 is 71.2 Å². The lowest BCUT2D eigenvalue weighted by atomic mass is 9.89. The van der Waals surface area contributed by atoms with Gasteiger partial charge in [0.1, 0.15) is 12.3 Å². The summed E-state index contributed by atoms with van der Waals surface area (Å²) in [5.74, 6) is -1.15. The molecule has 0 bridgehead atoms. The van der Waals surface area contributed by atoms with Gasteiger partial charge in [0.25, 0.3) is 0 Å². The van der Waals surface area contributed by atoms with Gasteiger partial charge in [-0.05, 0) is 159 Å². The van der Waals surface area contributed by atoms with Crippen molar-refractivity contribution in [2.45, 2.75) is 400 Å². The molecule has 0 aromatic heterocycles. The number of Topliss-reactive ketones (excluding diaryl/α,β-unsaturated/α-hetero) is 1. The van der Waals surface area contributed by atoms with Crippen molar-refractivity contribution in [1.82, 2.24) is 21.3 Å². The fourth-order valence-electron chi connectivity index (χ4n) is 6.33. The predicted molar refractivity (Wildman–Crippen MR) is 493 cm³/mol. The summed E-state index contributed by atoms with van der Waals surface area (Å²) in [6.07, 6.45) is 20.5. The van der Waals surface area contributed by atoms with Crippen LogP contribution in [0.3, 0.4) is 0 Å². The number of carboxylic acids is 4. The van der Waals surface area contributed by atoms with Gasteiger partial charge < -0.3 is 97.7 Å². The van der Waals surface area contributed by atoms with E-state index in [4.69, 9.17) is 25.8 Å². The van der Waals surface area contributed by atoms with E-state index in [1.165, 1.54) is 47.0 Å². The van der Waals surface area contributed by atoms with Crippen LogP contribution < -0.4 is 53.8 Å². The molecule has 4 amide bonds. The number of aliphatic hydroxyl groups is 2. The number of hydrogen-bond donors (Lipinski definition) is 10. The number of carbonyl (C=O) groups is 12. The lowest BCUT2D eigenvalue weighted by molar-refractivity contribution is -0.378. The van der Waals surface area contributed by atoms with Gasteiger partial charge >= 0.3 is 23.9 Å². The highest BCUT2D eigenvalue weighted by Crippen LogP contribution is 2.19. The Morgan fingerprint density at radius 3 is 0.797 bits per heavy atom. The molecule has 0 spiro atoms. The lowest BCUT2D eigenvalue weighted by Crippen LogP contribution is -2.53. The van der Waals surface area contributed by atoms with Gasteiger partial charge in [0.2, 0.25) is 23.6 Å². The Morgan fingerprint density at radius 2 is 0.619 bits per heavy atom. The number of nitrogens with two attached hydrogens (primary N) is 1. The summed E-state index contributed by atoms with van der Waals surface area (Å²) in [6, 6.07) is 0. The molecule has 0 heterocycles. The molecule has 0 aliphatic heterocycles. The van der Waals surface area contributed by atoms with Crippen LogP contribution in [0.5, 0.6) is 0 Å². The first-order valence-electron chi connectivity index (χ1n) is 39.0. The number of ether oxygens (including phenoxy) is 3. The van der Waals surface area contributed by atoms with Gasteiger partial charge in [-0.3, -0.25) is 43.2 Å². The second-order valence-corrected chi connectivity index (χ2v) is 27.1. The van der Waals surface area contributed by atoms with E-state index in [1.807, 2.05) is 6.92 Å². The van der Waals surface area contributed by atoms with Crippen molar-refractivity contribution in [1.29, 1.82) is 0 Å². The van der Waals surface area contributed by atoms with Gasteiger partial charge in [0.15, 0.2) is 0 Å². The molecule has 0 aromatic carbocycles. The smallest absolute Gasteiger partial charge is 0.322 e. The number of nitrogens with one attached hydrogen (secondary N) is 4. The van der Waals surface area contributed by atoms with E-state index in [2.05, 4.69) is 125 Å². The minimum atomic E-state index is -1.03. The van der Waals surface area contributed by atoms with Gasteiger partial charge in [0.05, 0.1) is 39.3 Å². The normalized spacial score (nSPS) is 10.4. The summed E-state index contributed by atoms with van der Waals surface area (Å²) in [5.41, 5.74) is 12.3. The zero-order chi connectivity index (χ0) is 84.1. The SMILES string of the molecule is C.C.C.C.C.C.C.C.C.C.C.C.CC(=O)OCCCCCC(=O)[O-].CC(=O)OCCCCCC(=O)[O-].CCC(C)(C)C(=O)NCC(=O)O.CCC(C)CN.CCC(C)CNC(=O)CC(C)=O.CCC(C)CNC(=O)CCCCCO.CCC(C)CNC(=O)CCCCCOC(C)=O.CCC(C)C[NH3+].CCC(C)C[NH3+].O=C([O-])CCCCCO. The van der Waals surface area contributed by atoms with Crippen molar-refractivity contribution in [2.75, 3.05) is 78.8 Å². The standard InChI is InChI=1S/C13H25NO3.C11H23NO2.C9H17NO2.C8H15NO3.2C8H14O4.C6H12O3.3C5H13N.12CH4/c1-4-11(2)10-14-13(16)8-6-5-7-9-17-12(3)15;1-3-10(2)9-12-11(14)7-5-4-6-8-13;1-4-7(2)6-10-9(12)5-8(3)11;1-4-8(2,3)7(12)9-5-6(10)11;2*1-7(9)12-6-4-2-3-5-8(10)11;7-5-3-1-2-4-6(8)9;3*1-3-5(2)4-6;;;;;;;;;;;;/h11H,4-10H2,1-3H3,(H,14,16);10,13H,3-9H2,1-2H3,(H,12,14);7H,4-6H2,1-3H3,(H,10,12);4-5H2,1-3H3,(H,9,12)(H,10,11);2*2-6H2,1H3,(H,10,11);7H,1-5H2,(H,8,9);3*5H,3-4,6H2,1-2H3;12*1H4/p-1. The van der Waals surface area contributed by atoms with Crippen LogP contribution in [0.2, 0.25) is 0 Å². The molecule has 0 radical (unpaired) electrons. The van der Waals surface area contributed by atoms with Crippen LogP contribution in [0.4, 0.5) is 0 Å². The van der Waals surface area contributed by atoms with Crippen molar-refractivity contribution in [2.24, 2.45) is 46.7 Å². The Hall–Kier alpha value is -6.36. The third-order valence-electron chi connectivity index (χ3n) is 15.9. The van der Waals surface area contributed by atoms with E-state index >= 15 is 0 Å². The molecule has 0 rings (SSSR count). The van der Waals surface area contributed by atoms with Crippen LogP contribution in [-0.4, -0.2) is 165 Å². The number of aliphatic carboxylic acids is 4. The quantitative estimate of drug-likeness (QED) is 0.0117. The first-order valence-corrected chi connectivity index (χ1v) is 39.0. The molecule has 0 aromatic rings. The average molecular weight is 1720 g/mol. The predicted octanol–water partition coefficient (Wildman–Crippen LogP) is 13.9. The second-order valence-electron chi connectivity index (χ2n) is 27.1. The molecule has 6 unspecified atom stereocenters. The van der Waals surface area contributed by atoms with E-state index in [0.717, 1.165) is 122 Å². The maximum atomic E-state index is 11.4. The van der Waals surface area contributed by atoms with Gasteiger partial charge in [-0.1, -0.05) is 232 Å². The van der Waals surface area contributed by atoms with E-state index < -0.39 is 29.3 Å². The molecule has 28 heteroatoms. The molecule has 0 aliphatic rings. The number of ketones is 1. The lowest BCUT2D eigenvalue weighted by Gasteiger charge is -2.20. The summed E-state index contributed by atoms with van der Waals surface area (Å²) in [4.78, 5) is 126. The van der Waals surface area contributed by atoms with Crippen LogP contribution in [0.1, 0.15) is 400 Å². The Morgan fingerprint density at radius 1 is 0.373 bits per heavy atom. The number of unbranched alkanes of at least 4 members (excludes halogenated alkanes) is 10. The van der Waals surface area contributed by atoms with Crippen molar-refractivity contribution in [3.8, 4) is 0 Å². The third kappa shape index (κ3) is 185. The van der Waals surface area contributed by atoms with Gasteiger partial charge in [-0.2, -0.15) is 0 Å². The molecule has 0 saturated heterocycles. The first-order chi connectivity index (χ1) is 49.7. The Bertz CT molecular complexity index is 2000. The van der Waals surface area contributed by atoms with Crippen molar-refractivity contribution in [3.05, 3.63) is 0 Å². The number of esters is 3. The molecular weight excluding hydrogens is 1520 g/mol. The van der Waals surface area contributed by atoms with Crippen molar-refractivity contribution < 1.29 is 114 Å². The summed E-state index contributed by atoms with van der Waals surface area (Å²) >= 11 is 0. The minimum absolute atomic E-state index is 0.